The summed E-state index contributed by atoms with van der Waals surface area (Å²) in [5, 5.41) is 18.6. The van der Waals surface area contributed by atoms with E-state index in [0.717, 1.165) is 12.1 Å². The zero-order chi connectivity index (χ0) is 14.8. The molecule has 0 bridgehead atoms. The predicted molar refractivity (Wildman–Crippen MR) is 66.5 cm³/mol. The van der Waals surface area contributed by atoms with Gasteiger partial charge in [-0.3, -0.25) is 0 Å². The molecular weight excluding hydrogens is 293 g/mol. The first-order valence-electron chi connectivity index (χ1n) is 5.27. The van der Waals surface area contributed by atoms with Crippen molar-refractivity contribution in [3.63, 3.8) is 0 Å². The van der Waals surface area contributed by atoms with Gasteiger partial charge in [0.05, 0.1) is 17.3 Å². The molecule has 1 heterocycles. The van der Waals surface area contributed by atoms with E-state index in [1.54, 1.807) is 0 Å². The largest absolute Gasteiger partial charge is 0.416 e. The van der Waals surface area contributed by atoms with Crippen molar-refractivity contribution in [1.82, 2.24) is 10.2 Å². The fourth-order valence-electron chi connectivity index (χ4n) is 1.48. The number of hydrogen-bond donors (Lipinski definition) is 1. The summed E-state index contributed by atoms with van der Waals surface area (Å²) < 4.78 is 38.0. The highest BCUT2D eigenvalue weighted by Crippen LogP contribution is 2.34. The van der Waals surface area contributed by atoms with E-state index in [9.17, 15) is 13.2 Å². The molecule has 0 saturated carbocycles. The molecule has 102 valence electrons. The van der Waals surface area contributed by atoms with E-state index in [1.807, 2.05) is 6.07 Å². The molecule has 0 aliphatic heterocycles. The van der Waals surface area contributed by atoms with Crippen LogP contribution in [0.3, 0.4) is 0 Å². The van der Waals surface area contributed by atoms with Crippen molar-refractivity contribution in [2.45, 2.75) is 6.18 Å². The van der Waals surface area contributed by atoms with E-state index in [4.69, 9.17) is 16.9 Å². The van der Waals surface area contributed by atoms with Crippen molar-refractivity contribution in [2.24, 2.45) is 0 Å². The molecule has 0 unspecified atom stereocenters. The fraction of sp³-hybridized carbons (Fsp3) is 0.0833. The second-order valence-electron chi connectivity index (χ2n) is 3.76. The van der Waals surface area contributed by atoms with Crippen LogP contribution in [0.2, 0.25) is 5.02 Å². The number of halogens is 4. The smallest absolute Gasteiger partial charge is 0.338 e. The van der Waals surface area contributed by atoms with Gasteiger partial charge in [0.15, 0.2) is 5.82 Å². The van der Waals surface area contributed by atoms with Gasteiger partial charge in [0.25, 0.3) is 0 Å². The predicted octanol–water partition coefficient (Wildman–Crippen LogP) is 3.76. The van der Waals surface area contributed by atoms with Crippen molar-refractivity contribution in [2.75, 3.05) is 5.32 Å². The van der Waals surface area contributed by atoms with Gasteiger partial charge in [-0.05, 0) is 24.3 Å². The first kappa shape index (κ1) is 14.1. The lowest BCUT2D eigenvalue weighted by atomic mass is 10.2. The highest BCUT2D eigenvalue weighted by molar-refractivity contribution is 6.31. The maximum atomic E-state index is 12.7. The molecule has 20 heavy (non-hydrogen) atoms. The van der Waals surface area contributed by atoms with Crippen LogP contribution < -0.4 is 5.32 Å². The van der Waals surface area contributed by atoms with Gasteiger partial charge in [0.2, 0.25) is 0 Å². The number of nitrogens with one attached hydrogen (secondary N) is 1. The van der Waals surface area contributed by atoms with Crippen molar-refractivity contribution < 1.29 is 13.2 Å². The maximum absolute atomic E-state index is 12.7. The number of anilines is 2. The van der Waals surface area contributed by atoms with E-state index in [1.165, 1.54) is 18.3 Å². The summed E-state index contributed by atoms with van der Waals surface area (Å²) in [6.45, 7) is 0. The molecule has 8 heteroatoms. The highest BCUT2D eigenvalue weighted by atomic mass is 35.5. The summed E-state index contributed by atoms with van der Waals surface area (Å²) in [4.78, 5) is 0. The summed E-state index contributed by atoms with van der Waals surface area (Å²) in [6.07, 6.45) is -3.20. The molecule has 0 aliphatic rings. The molecule has 0 atom stereocenters. The zero-order valence-electron chi connectivity index (χ0n) is 9.74. The minimum atomic E-state index is -4.51. The van der Waals surface area contributed by atoms with Crippen LogP contribution in [0.1, 0.15) is 11.1 Å². The molecular formula is C12H6ClF3N4. The van der Waals surface area contributed by atoms with Crippen molar-refractivity contribution in [3.8, 4) is 6.07 Å². The van der Waals surface area contributed by atoms with Crippen molar-refractivity contribution in [1.29, 1.82) is 5.26 Å². The zero-order valence-corrected chi connectivity index (χ0v) is 10.5. The summed E-state index contributed by atoms with van der Waals surface area (Å²) in [7, 11) is 0. The van der Waals surface area contributed by atoms with Gasteiger partial charge in [-0.2, -0.15) is 23.5 Å². The number of alkyl halides is 3. The van der Waals surface area contributed by atoms with E-state index in [0.29, 0.717) is 0 Å². The molecule has 1 aromatic heterocycles. The Bertz CT molecular complexity index is 679. The van der Waals surface area contributed by atoms with Gasteiger partial charge < -0.3 is 5.32 Å². The summed E-state index contributed by atoms with van der Waals surface area (Å²) in [5.41, 5.74) is -0.662. The fourth-order valence-corrected chi connectivity index (χ4v) is 1.71. The molecule has 1 N–H and O–H groups in total. The van der Waals surface area contributed by atoms with Crippen molar-refractivity contribution >= 4 is 23.1 Å². The molecule has 4 nitrogen and oxygen atoms in total. The van der Waals surface area contributed by atoms with Crippen LogP contribution in [-0.4, -0.2) is 10.2 Å². The minimum Gasteiger partial charge on any atom is -0.338 e. The molecule has 0 amide bonds. The second kappa shape index (κ2) is 5.35. The first-order chi connectivity index (χ1) is 9.40. The molecule has 2 aromatic rings. The number of aromatic nitrogens is 2. The Morgan fingerprint density at radius 3 is 2.65 bits per heavy atom. The Balaban J connectivity index is 2.40. The number of benzene rings is 1. The second-order valence-corrected chi connectivity index (χ2v) is 4.19. The minimum absolute atomic E-state index is 0.0605. The van der Waals surface area contributed by atoms with Gasteiger partial charge in [0, 0.05) is 10.7 Å². The van der Waals surface area contributed by atoms with E-state index >= 15 is 0 Å². The first-order valence-corrected chi connectivity index (χ1v) is 5.64. The maximum Gasteiger partial charge on any atom is 0.416 e. The van der Waals surface area contributed by atoms with Crippen LogP contribution in [0, 0.1) is 11.3 Å². The number of rotatable bonds is 2. The Morgan fingerprint density at radius 2 is 2.00 bits per heavy atom. The average Bonchev–Trinajstić information content (AvgIpc) is 2.37. The number of nitrogens with zero attached hydrogens (tertiary/aromatic N) is 3. The molecule has 0 fully saturated rings. The van der Waals surface area contributed by atoms with Crippen LogP contribution in [0.25, 0.3) is 0 Å². The highest BCUT2D eigenvalue weighted by Gasteiger charge is 2.31. The number of hydrogen-bond acceptors (Lipinski definition) is 4. The molecule has 0 aliphatic carbocycles. The third-order valence-electron chi connectivity index (χ3n) is 2.33. The topological polar surface area (TPSA) is 61.6 Å². The summed E-state index contributed by atoms with van der Waals surface area (Å²) in [5.74, 6) is 0.0605. The SMILES string of the molecule is N#Cc1ccnnc1Nc1cc(Cl)cc(C(F)(F)F)c1. The lowest BCUT2D eigenvalue weighted by molar-refractivity contribution is -0.137. The Morgan fingerprint density at radius 1 is 1.25 bits per heavy atom. The van der Waals surface area contributed by atoms with Crippen LogP contribution in [0.15, 0.2) is 30.5 Å². The van der Waals surface area contributed by atoms with Gasteiger partial charge in [-0.1, -0.05) is 11.6 Å². The van der Waals surface area contributed by atoms with E-state index in [-0.39, 0.29) is 22.1 Å². The summed E-state index contributed by atoms with van der Waals surface area (Å²) >= 11 is 5.65. The summed E-state index contributed by atoms with van der Waals surface area (Å²) in [6, 6.07) is 6.24. The monoisotopic (exact) mass is 298 g/mol. The Kier molecular flexibility index (Phi) is 3.77. The van der Waals surface area contributed by atoms with Crippen molar-refractivity contribution in [3.05, 3.63) is 46.6 Å². The van der Waals surface area contributed by atoms with Gasteiger partial charge in [-0.15, -0.1) is 5.10 Å². The third-order valence-corrected chi connectivity index (χ3v) is 2.55. The van der Waals surface area contributed by atoms with Gasteiger partial charge in [-0.25, -0.2) is 0 Å². The molecule has 0 saturated heterocycles. The van der Waals surface area contributed by atoms with Crippen LogP contribution >= 0.6 is 11.6 Å². The van der Waals surface area contributed by atoms with Gasteiger partial charge >= 0.3 is 6.18 Å². The average molecular weight is 299 g/mol. The molecule has 0 spiro atoms. The quantitative estimate of drug-likeness (QED) is 0.917. The normalized spacial score (nSPS) is 10.9. The Labute approximate surface area is 116 Å². The van der Waals surface area contributed by atoms with Gasteiger partial charge in [0.1, 0.15) is 6.07 Å². The third kappa shape index (κ3) is 3.16. The molecule has 0 radical (unpaired) electrons. The molecule has 2 rings (SSSR count). The lowest BCUT2D eigenvalue weighted by Gasteiger charge is -2.11. The lowest BCUT2D eigenvalue weighted by Crippen LogP contribution is -2.06. The van der Waals surface area contributed by atoms with Crippen LogP contribution in [-0.2, 0) is 6.18 Å². The molecule has 1 aromatic carbocycles. The standard InChI is InChI=1S/C12H6ClF3N4/c13-9-3-8(12(14,15)16)4-10(5-9)19-11-7(6-17)1-2-18-20-11/h1-5H,(H,19,20). The van der Waals surface area contributed by atoms with Crippen LogP contribution in [0.5, 0.6) is 0 Å². The number of nitriles is 1. The Hall–Kier alpha value is -2.33. The van der Waals surface area contributed by atoms with Crippen LogP contribution in [0.4, 0.5) is 24.7 Å². The van der Waals surface area contributed by atoms with E-state index < -0.39 is 11.7 Å². The van der Waals surface area contributed by atoms with E-state index in [2.05, 4.69) is 15.5 Å².